The molecule has 122 valence electrons. The zero-order chi connectivity index (χ0) is 17.0. The van der Waals surface area contributed by atoms with Crippen molar-refractivity contribution in [2.75, 3.05) is 17.9 Å². The van der Waals surface area contributed by atoms with E-state index in [0.29, 0.717) is 0 Å². The second kappa shape index (κ2) is 7.21. The zero-order valence-corrected chi connectivity index (χ0v) is 14.5. The summed E-state index contributed by atoms with van der Waals surface area (Å²) in [4.78, 5) is 11.8. The highest BCUT2D eigenvalue weighted by atomic mass is 35.5. The van der Waals surface area contributed by atoms with E-state index < -0.39 is 22.5 Å². The molecular weight excluding hydrogens is 359 g/mol. The number of nitrogens with zero attached hydrogens (tertiary/aromatic N) is 1. The predicted octanol–water partition coefficient (Wildman–Crippen LogP) is 2.93. The SMILES string of the molecule is CNC(=O)CN(c1cccc(Cl)c1Cl)S(=O)(=O)c1ccccc1. The van der Waals surface area contributed by atoms with Gasteiger partial charge in [0.1, 0.15) is 6.54 Å². The van der Waals surface area contributed by atoms with Crippen molar-refractivity contribution in [3.63, 3.8) is 0 Å². The lowest BCUT2D eigenvalue weighted by Gasteiger charge is -2.25. The number of benzene rings is 2. The quantitative estimate of drug-likeness (QED) is 0.877. The van der Waals surface area contributed by atoms with E-state index >= 15 is 0 Å². The van der Waals surface area contributed by atoms with Gasteiger partial charge in [-0.05, 0) is 24.3 Å². The van der Waals surface area contributed by atoms with Crippen molar-refractivity contribution in [1.82, 2.24) is 5.32 Å². The third kappa shape index (κ3) is 3.77. The van der Waals surface area contributed by atoms with Crippen molar-refractivity contribution in [1.29, 1.82) is 0 Å². The van der Waals surface area contributed by atoms with E-state index in [9.17, 15) is 13.2 Å². The molecule has 0 saturated carbocycles. The lowest BCUT2D eigenvalue weighted by molar-refractivity contribution is -0.119. The van der Waals surface area contributed by atoms with Crippen molar-refractivity contribution >= 4 is 44.8 Å². The molecule has 0 unspecified atom stereocenters. The predicted molar refractivity (Wildman–Crippen MR) is 91.5 cm³/mol. The maximum absolute atomic E-state index is 12.9. The van der Waals surface area contributed by atoms with Crippen molar-refractivity contribution in [3.8, 4) is 0 Å². The van der Waals surface area contributed by atoms with Gasteiger partial charge in [0.25, 0.3) is 10.0 Å². The number of rotatable bonds is 5. The van der Waals surface area contributed by atoms with E-state index in [1.54, 1.807) is 30.3 Å². The molecule has 0 bridgehead atoms. The molecule has 0 fully saturated rings. The largest absolute Gasteiger partial charge is 0.358 e. The summed E-state index contributed by atoms with van der Waals surface area (Å²) in [6.45, 7) is -0.409. The van der Waals surface area contributed by atoms with E-state index in [1.807, 2.05) is 0 Å². The van der Waals surface area contributed by atoms with Crippen LogP contribution in [0, 0.1) is 0 Å². The van der Waals surface area contributed by atoms with Crippen LogP contribution in [0.4, 0.5) is 5.69 Å². The summed E-state index contributed by atoms with van der Waals surface area (Å²) in [6, 6.07) is 12.4. The fraction of sp³-hybridized carbons (Fsp3) is 0.133. The fourth-order valence-corrected chi connectivity index (χ4v) is 3.82. The number of carbonyl (C=O) groups excluding carboxylic acids is 1. The standard InChI is InChI=1S/C15H14Cl2N2O3S/c1-18-14(20)10-19(13-9-5-8-12(16)15(13)17)23(21,22)11-6-3-2-4-7-11/h2-9H,10H2,1H3,(H,18,20). The summed E-state index contributed by atoms with van der Waals surface area (Å²) in [5.41, 5.74) is 0.145. The molecular formula is C15H14Cl2N2O3S. The van der Waals surface area contributed by atoms with Crippen molar-refractivity contribution in [2.24, 2.45) is 0 Å². The molecule has 2 aromatic rings. The van der Waals surface area contributed by atoms with Crippen molar-refractivity contribution < 1.29 is 13.2 Å². The van der Waals surface area contributed by atoms with Gasteiger partial charge < -0.3 is 5.32 Å². The van der Waals surface area contributed by atoms with Crippen LogP contribution in [0.5, 0.6) is 0 Å². The summed E-state index contributed by atoms with van der Waals surface area (Å²) in [5.74, 6) is -0.472. The van der Waals surface area contributed by atoms with Crippen LogP contribution in [0.15, 0.2) is 53.4 Å². The van der Waals surface area contributed by atoms with E-state index in [0.717, 1.165) is 4.31 Å². The highest BCUT2D eigenvalue weighted by molar-refractivity contribution is 7.92. The minimum absolute atomic E-state index is 0.0555. The fourth-order valence-electron chi connectivity index (χ4n) is 1.91. The molecule has 0 aliphatic carbocycles. The summed E-state index contributed by atoms with van der Waals surface area (Å²) >= 11 is 12.1. The maximum Gasteiger partial charge on any atom is 0.264 e. The van der Waals surface area contributed by atoms with Gasteiger partial charge in [-0.25, -0.2) is 8.42 Å². The van der Waals surface area contributed by atoms with Crippen LogP contribution in [0.3, 0.4) is 0 Å². The number of likely N-dealkylation sites (N-methyl/N-ethyl adjacent to an activating group) is 1. The van der Waals surface area contributed by atoms with Crippen LogP contribution >= 0.6 is 23.2 Å². The van der Waals surface area contributed by atoms with Gasteiger partial charge in [0, 0.05) is 7.05 Å². The van der Waals surface area contributed by atoms with E-state index in [2.05, 4.69) is 5.32 Å². The van der Waals surface area contributed by atoms with Crippen LogP contribution in [0.2, 0.25) is 10.0 Å². The Balaban J connectivity index is 2.59. The molecule has 8 heteroatoms. The Labute approximate surface area is 144 Å². The maximum atomic E-state index is 12.9. The third-order valence-electron chi connectivity index (χ3n) is 3.10. The minimum atomic E-state index is -3.97. The molecule has 1 N–H and O–H groups in total. The molecule has 2 rings (SSSR count). The highest BCUT2D eigenvalue weighted by Gasteiger charge is 2.28. The first-order chi connectivity index (χ1) is 10.9. The number of hydrogen-bond acceptors (Lipinski definition) is 3. The zero-order valence-electron chi connectivity index (χ0n) is 12.2. The van der Waals surface area contributed by atoms with Gasteiger partial charge >= 0.3 is 0 Å². The van der Waals surface area contributed by atoms with Crippen LogP contribution in [0.25, 0.3) is 0 Å². The van der Waals surface area contributed by atoms with Gasteiger partial charge in [-0.1, -0.05) is 47.5 Å². The molecule has 23 heavy (non-hydrogen) atoms. The van der Waals surface area contributed by atoms with Crippen LogP contribution in [-0.4, -0.2) is 27.9 Å². The monoisotopic (exact) mass is 372 g/mol. The third-order valence-corrected chi connectivity index (χ3v) is 5.68. The molecule has 0 saturated heterocycles. The van der Waals surface area contributed by atoms with E-state index in [4.69, 9.17) is 23.2 Å². The number of anilines is 1. The number of halogens is 2. The molecule has 0 heterocycles. The molecule has 0 atom stereocenters. The molecule has 1 amide bonds. The second-order valence-electron chi connectivity index (χ2n) is 4.57. The first-order valence-corrected chi connectivity index (χ1v) is 8.80. The average molecular weight is 373 g/mol. The molecule has 0 radical (unpaired) electrons. The smallest absolute Gasteiger partial charge is 0.264 e. The molecule has 0 spiro atoms. The van der Waals surface area contributed by atoms with Crippen molar-refractivity contribution in [3.05, 3.63) is 58.6 Å². The number of amides is 1. The molecule has 0 aromatic heterocycles. The van der Waals surface area contributed by atoms with E-state index in [1.165, 1.54) is 25.2 Å². The highest BCUT2D eigenvalue weighted by Crippen LogP contribution is 2.35. The Kier molecular flexibility index (Phi) is 5.51. The van der Waals surface area contributed by atoms with Crippen LogP contribution < -0.4 is 9.62 Å². The Morgan fingerprint density at radius 1 is 1.09 bits per heavy atom. The number of carbonyl (C=O) groups is 1. The van der Waals surface area contributed by atoms with Gasteiger partial charge in [0.2, 0.25) is 5.91 Å². The first kappa shape index (κ1) is 17.6. The average Bonchev–Trinajstić information content (AvgIpc) is 2.56. The van der Waals surface area contributed by atoms with Crippen molar-refractivity contribution in [2.45, 2.75) is 4.90 Å². The van der Waals surface area contributed by atoms with Gasteiger partial charge in [0.05, 0.1) is 20.6 Å². The molecule has 0 aliphatic heterocycles. The van der Waals surface area contributed by atoms with Gasteiger partial charge in [-0.15, -0.1) is 0 Å². The number of nitrogens with one attached hydrogen (secondary N) is 1. The Bertz CT molecular complexity index is 811. The first-order valence-electron chi connectivity index (χ1n) is 6.60. The topological polar surface area (TPSA) is 66.5 Å². The Hall–Kier alpha value is -1.76. The summed E-state index contributed by atoms with van der Waals surface area (Å²) in [7, 11) is -2.54. The minimum Gasteiger partial charge on any atom is -0.358 e. The lowest BCUT2D eigenvalue weighted by atomic mass is 10.3. The Morgan fingerprint density at radius 3 is 2.35 bits per heavy atom. The van der Waals surface area contributed by atoms with Crippen LogP contribution in [0.1, 0.15) is 0 Å². The number of hydrogen-bond donors (Lipinski definition) is 1. The normalized spacial score (nSPS) is 11.1. The van der Waals surface area contributed by atoms with E-state index in [-0.39, 0.29) is 20.6 Å². The van der Waals surface area contributed by atoms with Gasteiger partial charge in [-0.3, -0.25) is 9.10 Å². The number of sulfonamides is 1. The lowest BCUT2D eigenvalue weighted by Crippen LogP contribution is -2.40. The van der Waals surface area contributed by atoms with Gasteiger partial charge in [0.15, 0.2) is 0 Å². The summed E-state index contributed by atoms with van der Waals surface area (Å²) in [6.07, 6.45) is 0. The second-order valence-corrected chi connectivity index (χ2v) is 7.22. The molecule has 2 aromatic carbocycles. The summed E-state index contributed by atoms with van der Waals surface area (Å²) in [5, 5.41) is 2.67. The van der Waals surface area contributed by atoms with Gasteiger partial charge in [-0.2, -0.15) is 0 Å². The summed E-state index contributed by atoms with van der Waals surface area (Å²) < 4.78 is 26.7. The van der Waals surface area contributed by atoms with Crippen LogP contribution in [-0.2, 0) is 14.8 Å². The Morgan fingerprint density at radius 2 is 1.74 bits per heavy atom. The molecule has 5 nitrogen and oxygen atoms in total. The molecule has 0 aliphatic rings.